The third-order valence-corrected chi connectivity index (χ3v) is 3.96. The van der Waals surface area contributed by atoms with Crippen LogP contribution in [0.25, 0.3) is 22.0 Å². The van der Waals surface area contributed by atoms with Gasteiger partial charge in [-0.1, -0.05) is 6.58 Å². The largest absolute Gasteiger partial charge is 0.416 e. The number of fused-ring (bicyclic) bond motifs is 1. The van der Waals surface area contributed by atoms with E-state index in [4.69, 9.17) is 4.74 Å². The van der Waals surface area contributed by atoms with Crippen molar-refractivity contribution in [2.24, 2.45) is 0 Å². The molecule has 0 atom stereocenters. The molecule has 3 rings (SSSR count). The average molecular weight is 394 g/mol. The molecular weight excluding hydrogens is 375 g/mol. The van der Waals surface area contributed by atoms with Crippen molar-refractivity contribution in [3.63, 3.8) is 0 Å². The van der Waals surface area contributed by atoms with E-state index in [0.29, 0.717) is 33.7 Å². The lowest BCUT2D eigenvalue weighted by atomic mass is 10.0. The van der Waals surface area contributed by atoms with E-state index in [1.807, 2.05) is 0 Å². The molecule has 2 heterocycles. The Morgan fingerprint density at radius 3 is 2.55 bits per heavy atom. The predicted molar refractivity (Wildman–Crippen MR) is 109 cm³/mol. The first-order chi connectivity index (χ1) is 13.7. The summed E-state index contributed by atoms with van der Waals surface area (Å²) in [5.41, 5.74) is 2.39. The van der Waals surface area contributed by atoms with Gasteiger partial charge in [-0.15, -0.1) is 0 Å². The number of benzene rings is 1. The summed E-state index contributed by atoms with van der Waals surface area (Å²) in [5, 5.41) is 5.81. The fraction of sp³-hybridized carbons (Fsp3) is 0.143. The second-order valence-corrected chi connectivity index (χ2v) is 6.48. The molecule has 7 nitrogen and oxygen atoms in total. The van der Waals surface area contributed by atoms with Crippen molar-refractivity contribution >= 4 is 34.4 Å². The van der Waals surface area contributed by atoms with Gasteiger partial charge in [-0.05, 0) is 38.1 Å². The summed E-state index contributed by atoms with van der Waals surface area (Å²) in [6.45, 7) is 8.19. The van der Waals surface area contributed by atoms with Crippen molar-refractivity contribution in [1.29, 1.82) is 0 Å². The summed E-state index contributed by atoms with van der Waals surface area (Å²) in [6, 6.07) is 7.60. The number of carbonyl (C=O) groups excluding carboxylic acids is 2. The fourth-order valence-electron chi connectivity index (χ4n) is 2.80. The lowest BCUT2D eigenvalue weighted by Gasteiger charge is -2.12. The Hall–Kier alpha value is -3.81. The molecule has 0 unspecified atom stereocenters. The van der Waals surface area contributed by atoms with Crippen molar-refractivity contribution in [3.8, 4) is 11.1 Å². The maximum absolute atomic E-state index is 14.5. The second kappa shape index (κ2) is 8.05. The molecule has 0 fully saturated rings. The highest BCUT2D eigenvalue weighted by Gasteiger charge is 2.14. The van der Waals surface area contributed by atoms with E-state index in [1.54, 1.807) is 32.2 Å². The molecule has 148 valence electrons. The van der Waals surface area contributed by atoms with Crippen LogP contribution in [0.4, 0.5) is 20.7 Å². The number of halogens is 1. The third-order valence-electron chi connectivity index (χ3n) is 3.96. The first-order valence-corrected chi connectivity index (χ1v) is 8.72. The van der Waals surface area contributed by atoms with Gasteiger partial charge in [0.1, 0.15) is 11.6 Å². The summed E-state index contributed by atoms with van der Waals surface area (Å²) in [7, 11) is 0. The van der Waals surface area contributed by atoms with Crippen LogP contribution in [-0.4, -0.2) is 22.0 Å². The van der Waals surface area contributed by atoms with Gasteiger partial charge >= 0.3 is 6.09 Å². The van der Waals surface area contributed by atoms with Gasteiger partial charge in [-0.3, -0.25) is 15.1 Å². The minimum atomic E-state index is -0.710. The predicted octanol–water partition coefficient (Wildman–Crippen LogP) is 4.78. The summed E-state index contributed by atoms with van der Waals surface area (Å²) < 4.78 is 19.4. The molecule has 0 aliphatic rings. The molecule has 1 aromatic carbocycles. The molecule has 0 aliphatic heterocycles. The van der Waals surface area contributed by atoms with Crippen LogP contribution in [0.3, 0.4) is 0 Å². The van der Waals surface area contributed by atoms with Crippen LogP contribution in [0.1, 0.15) is 19.5 Å². The maximum Gasteiger partial charge on any atom is 0.416 e. The van der Waals surface area contributed by atoms with Crippen LogP contribution in [0.2, 0.25) is 0 Å². The standard InChI is InChI=1S/C21H19FN4O3/c1-11(2)29-21(28)26-15-5-6-18(22)17(8-15)16-7-14-10-23-20(25-13(4)27)9-19(14)24-12(16)3/h5-10H,1H2,2-4H3,(H,26,28)(H,23,25,27). The number of anilines is 2. The molecular formula is C21H19FN4O3. The Kier molecular flexibility index (Phi) is 5.54. The zero-order chi connectivity index (χ0) is 21.1. The number of aromatic nitrogens is 2. The summed E-state index contributed by atoms with van der Waals surface area (Å²) in [5.74, 6) is -0.0683. The molecule has 2 amide bonds. The molecule has 8 heteroatoms. The van der Waals surface area contributed by atoms with Gasteiger partial charge in [0.15, 0.2) is 0 Å². The van der Waals surface area contributed by atoms with Gasteiger partial charge in [0.2, 0.25) is 5.91 Å². The van der Waals surface area contributed by atoms with Gasteiger partial charge in [0, 0.05) is 47.1 Å². The molecule has 0 radical (unpaired) electrons. The normalized spacial score (nSPS) is 10.5. The van der Waals surface area contributed by atoms with Crippen molar-refractivity contribution in [2.75, 3.05) is 10.6 Å². The number of ether oxygens (including phenoxy) is 1. The number of aryl methyl sites for hydroxylation is 1. The van der Waals surface area contributed by atoms with Crippen molar-refractivity contribution in [2.45, 2.75) is 20.8 Å². The zero-order valence-electron chi connectivity index (χ0n) is 16.2. The van der Waals surface area contributed by atoms with Crippen LogP contribution in [-0.2, 0) is 9.53 Å². The van der Waals surface area contributed by atoms with Crippen LogP contribution < -0.4 is 10.6 Å². The molecule has 0 aliphatic carbocycles. The molecule has 0 bridgehead atoms. The maximum atomic E-state index is 14.5. The number of allylic oxidation sites excluding steroid dienone is 1. The van der Waals surface area contributed by atoms with Crippen molar-refractivity contribution < 1.29 is 18.7 Å². The van der Waals surface area contributed by atoms with Crippen molar-refractivity contribution in [3.05, 3.63) is 60.4 Å². The van der Waals surface area contributed by atoms with Crippen LogP contribution in [0, 0.1) is 12.7 Å². The lowest BCUT2D eigenvalue weighted by Crippen LogP contribution is -2.12. The number of amides is 2. The summed E-state index contributed by atoms with van der Waals surface area (Å²) in [6.07, 6.45) is 0.846. The Morgan fingerprint density at radius 2 is 1.86 bits per heavy atom. The lowest BCUT2D eigenvalue weighted by molar-refractivity contribution is -0.114. The monoisotopic (exact) mass is 394 g/mol. The van der Waals surface area contributed by atoms with Crippen molar-refractivity contribution in [1.82, 2.24) is 9.97 Å². The molecule has 3 aromatic rings. The first kappa shape index (κ1) is 19.9. The molecule has 29 heavy (non-hydrogen) atoms. The van der Waals surface area contributed by atoms with Crippen LogP contribution >= 0.6 is 0 Å². The molecule has 0 spiro atoms. The van der Waals surface area contributed by atoms with Gasteiger partial charge < -0.3 is 10.1 Å². The van der Waals surface area contributed by atoms with E-state index >= 15 is 0 Å². The number of nitrogens with zero attached hydrogens (tertiary/aromatic N) is 2. The van der Waals surface area contributed by atoms with Crippen LogP contribution in [0.15, 0.2) is 48.9 Å². The van der Waals surface area contributed by atoms with Gasteiger partial charge in [-0.2, -0.15) is 0 Å². The summed E-state index contributed by atoms with van der Waals surface area (Å²) in [4.78, 5) is 31.7. The number of hydrogen-bond acceptors (Lipinski definition) is 5. The SMILES string of the molecule is C=C(C)OC(=O)Nc1ccc(F)c(-c2cc3cnc(NC(C)=O)cc3nc2C)c1. The first-order valence-electron chi connectivity index (χ1n) is 8.72. The highest BCUT2D eigenvalue weighted by molar-refractivity contribution is 5.92. The number of pyridine rings is 2. The van der Waals surface area contributed by atoms with Gasteiger partial charge in [0.25, 0.3) is 0 Å². The minimum Gasteiger partial charge on any atom is -0.416 e. The molecule has 2 aromatic heterocycles. The third kappa shape index (κ3) is 4.73. The van der Waals surface area contributed by atoms with E-state index in [2.05, 4.69) is 27.2 Å². The van der Waals surface area contributed by atoms with E-state index in [-0.39, 0.29) is 17.2 Å². The molecule has 0 saturated heterocycles. The van der Waals surface area contributed by atoms with E-state index in [9.17, 15) is 14.0 Å². The Labute approximate surface area is 166 Å². The van der Waals surface area contributed by atoms with E-state index < -0.39 is 11.9 Å². The number of nitrogens with one attached hydrogen (secondary N) is 2. The Balaban J connectivity index is 2.00. The topological polar surface area (TPSA) is 93.2 Å². The van der Waals surface area contributed by atoms with Crippen LogP contribution in [0.5, 0.6) is 0 Å². The van der Waals surface area contributed by atoms with E-state index in [0.717, 1.165) is 0 Å². The Bertz CT molecular complexity index is 1140. The second-order valence-electron chi connectivity index (χ2n) is 6.48. The number of hydrogen-bond donors (Lipinski definition) is 2. The molecule has 2 N–H and O–H groups in total. The highest BCUT2D eigenvalue weighted by Crippen LogP contribution is 2.31. The quantitative estimate of drug-likeness (QED) is 0.621. The highest BCUT2D eigenvalue weighted by atomic mass is 19.1. The summed E-state index contributed by atoms with van der Waals surface area (Å²) >= 11 is 0. The molecule has 0 saturated carbocycles. The Morgan fingerprint density at radius 1 is 1.10 bits per heavy atom. The zero-order valence-corrected chi connectivity index (χ0v) is 16.2. The average Bonchev–Trinajstić information content (AvgIpc) is 2.61. The smallest absolute Gasteiger partial charge is 0.416 e. The fourth-order valence-corrected chi connectivity index (χ4v) is 2.80. The number of rotatable bonds is 4. The van der Waals surface area contributed by atoms with Gasteiger partial charge in [-0.25, -0.2) is 14.2 Å². The number of carbonyl (C=O) groups is 2. The van der Waals surface area contributed by atoms with Gasteiger partial charge in [0.05, 0.1) is 11.3 Å². The minimum absolute atomic E-state index is 0.234. The van der Waals surface area contributed by atoms with E-state index in [1.165, 1.54) is 25.1 Å².